The highest BCUT2D eigenvalue weighted by Crippen LogP contribution is 2.27. The number of hydrogen-bond donors (Lipinski definition) is 2. The standard InChI is InChI=1S/C13H17NO5/c1-8(13(16)17)14-12(15)7-9-4-5-10(18-2)11(6-9)19-3/h4-6,8H,7H2,1-3H3,(H,14,15)(H,16,17)/t8-/m0/s1. The van der Waals surface area contributed by atoms with Gasteiger partial charge in [0.05, 0.1) is 20.6 Å². The van der Waals surface area contributed by atoms with E-state index >= 15 is 0 Å². The average Bonchev–Trinajstić information content (AvgIpc) is 2.38. The van der Waals surface area contributed by atoms with Gasteiger partial charge in [0.1, 0.15) is 6.04 Å². The summed E-state index contributed by atoms with van der Waals surface area (Å²) < 4.78 is 10.2. The van der Waals surface area contributed by atoms with Crippen molar-refractivity contribution in [3.05, 3.63) is 23.8 Å². The van der Waals surface area contributed by atoms with E-state index in [-0.39, 0.29) is 12.3 Å². The Hall–Kier alpha value is -2.24. The van der Waals surface area contributed by atoms with E-state index in [2.05, 4.69) is 5.32 Å². The zero-order chi connectivity index (χ0) is 14.4. The Labute approximate surface area is 111 Å². The number of carboxylic acids is 1. The van der Waals surface area contributed by atoms with Crippen molar-refractivity contribution in [3.8, 4) is 11.5 Å². The van der Waals surface area contributed by atoms with Crippen molar-refractivity contribution in [3.63, 3.8) is 0 Å². The van der Waals surface area contributed by atoms with E-state index in [1.165, 1.54) is 21.1 Å². The van der Waals surface area contributed by atoms with Crippen molar-refractivity contribution < 1.29 is 24.2 Å². The van der Waals surface area contributed by atoms with Crippen LogP contribution in [0.2, 0.25) is 0 Å². The van der Waals surface area contributed by atoms with Gasteiger partial charge >= 0.3 is 5.97 Å². The fourth-order valence-corrected chi connectivity index (χ4v) is 1.53. The molecule has 1 atom stereocenters. The molecule has 6 heteroatoms. The van der Waals surface area contributed by atoms with Gasteiger partial charge in [0.2, 0.25) is 5.91 Å². The van der Waals surface area contributed by atoms with Crippen LogP contribution < -0.4 is 14.8 Å². The molecule has 0 aliphatic carbocycles. The Kier molecular flexibility index (Phi) is 5.17. The topological polar surface area (TPSA) is 84.9 Å². The van der Waals surface area contributed by atoms with Crippen LogP contribution in [-0.4, -0.2) is 37.2 Å². The van der Waals surface area contributed by atoms with Crippen LogP contribution >= 0.6 is 0 Å². The molecule has 0 aliphatic heterocycles. The molecule has 0 aromatic heterocycles. The highest BCUT2D eigenvalue weighted by molar-refractivity contribution is 5.84. The molecule has 0 aliphatic rings. The lowest BCUT2D eigenvalue weighted by Crippen LogP contribution is -2.39. The molecular weight excluding hydrogens is 250 g/mol. The van der Waals surface area contributed by atoms with Crippen molar-refractivity contribution in [1.29, 1.82) is 0 Å². The van der Waals surface area contributed by atoms with E-state index < -0.39 is 12.0 Å². The van der Waals surface area contributed by atoms with Gasteiger partial charge in [-0.2, -0.15) is 0 Å². The first-order chi connectivity index (χ1) is 8.97. The quantitative estimate of drug-likeness (QED) is 0.797. The molecule has 0 unspecified atom stereocenters. The molecule has 0 bridgehead atoms. The van der Waals surface area contributed by atoms with Gasteiger partial charge in [0, 0.05) is 0 Å². The fraction of sp³-hybridized carbons (Fsp3) is 0.385. The van der Waals surface area contributed by atoms with Crippen LogP contribution in [-0.2, 0) is 16.0 Å². The SMILES string of the molecule is COc1ccc(CC(=O)N[C@@H](C)C(=O)O)cc1OC. The van der Waals surface area contributed by atoms with Crippen LogP contribution in [0.1, 0.15) is 12.5 Å². The number of rotatable bonds is 6. The van der Waals surface area contributed by atoms with Crippen molar-refractivity contribution in [2.24, 2.45) is 0 Å². The van der Waals surface area contributed by atoms with E-state index in [1.807, 2.05) is 0 Å². The number of aliphatic carboxylic acids is 1. The molecule has 0 fully saturated rings. The first-order valence-corrected chi connectivity index (χ1v) is 5.71. The molecule has 19 heavy (non-hydrogen) atoms. The Morgan fingerprint density at radius 3 is 2.42 bits per heavy atom. The van der Waals surface area contributed by atoms with Gasteiger partial charge in [0.25, 0.3) is 0 Å². The summed E-state index contributed by atoms with van der Waals surface area (Å²) in [5.41, 5.74) is 0.715. The van der Waals surface area contributed by atoms with Crippen molar-refractivity contribution in [1.82, 2.24) is 5.32 Å². The van der Waals surface area contributed by atoms with E-state index in [1.54, 1.807) is 18.2 Å². The third-order valence-electron chi connectivity index (χ3n) is 2.56. The minimum atomic E-state index is -1.07. The highest BCUT2D eigenvalue weighted by Gasteiger charge is 2.14. The smallest absolute Gasteiger partial charge is 0.325 e. The Balaban J connectivity index is 2.72. The Bertz CT molecular complexity index is 472. The number of nitrogens with one attached hydrogen (secondary N) is 1. The minimum absolute atomic E-state index is 0.0813. The van der Waals surface area contributed by atoms with E-state index in [4.69, 9.17) is 14.6 Å². The van der Waals surface area contributed by atoms with Crippen LogP contribution in [0, 0.1) is 0 Å². The molecule has 1 amide bonds. The van der Waals surface area contributed by atoms with E-state index in [0.717, 1.165) is 0 Å². The number of carboxylic acid groups (broad SMARTS) is 1. The number of ether oxygens (including phenoxy) is 2. The molecule has 2 N–H and O–H groups in total. The number of benzene rings is 1. The van der Waals surface area contributed by atoms with Gasteiger partial charge < -0.3 is 19.9 Å². The summed E-state index contributed by atoms with van der Waals surface area (Å²) >= 11 is 0. The molecule has 1 rings (SSSR count). The lowest BCUT2D eigenvalue weighted by Gasteiger charge is -2.11. The molecule has 0 radical (unpaired) electrons. The van der Waals surface area contributed by atoms with Gasteiger partial charge in [-0.1, -0.05) is 6.07 Å². The second-order valence-electron chi connectivity index (χ2n) is 3.99. The summed E-state index contributed by atoms with van der Waals surface area (Å²) in [6.07, 6.45) is 0.0813. The largest absolute Gasteiger partial charge is 0.493 e. The number of carbonyl (C=O) groups excluding carboxylic acids is 1. The highest BCUT2D eigenvalue weighted by atomic mass is 16.5. The van der Waals surface area contributed by atoms with Crippen LogP contribution in [0.5, 0.6) is 11.5 Å². The minimum Gasteiger partial charge on any atom is -0.493 e. The molecular formula is C13H17NO5. The van der Waals surface area contributed by atoms with Gasteiger partial charge in [-0.3, -0.25) is 9.59 Å². The Morgan fingerprint density at radius 1 is 1.26 bits per heavy atom. The first-order valence-electron chi connectivity index (χ1n) is 5.71. The summed E-state index contributed by atoms with van der Waals surface area (Å²) in [5.74, 6) is -0.326. The first kappa shape index (κ1) is 14.8. The second kappa shape index (κ2) is 6.63. The molecule has 1 aromatic rings. The Morgan fingerprint density at radius 2 is 1.89 bits per heavy atom. The summed E-state index contributed by atoms with van der Waals surface area (Å²) in [4.78, 5) is 22.3. The molecule has 0 saturated carbocycles. The maximum Gasteiger partial charge on any atom is 0.325 e. The van der Waals surface area contributed by atoms with Gasteiger partial charge in [-0.15, -0.1) is 0 Å². The monoisotopic (exact) mass is 267 g/mol. The predicted octanol–water partition coefficient (Wildman–Crippen LogP) is 0.836. The summed E-state index contributed by atoms with van der Waals surface area (Å²) in [5, 5.41) is 11.1. The van der Waals surface area contributed by atoms with Crippen LogP contribution in [0.15, 0.2) is 18.2 Å². The average molecular weight is 267 g/mol. The van der Waals surface area contributed by atoms with Crippen LogP contribution in [0.25, 0.3) is 0 Å². The van der Waals surface area contributed by atoms with Crippen LogP contribution in [0.3, 0.4) is 0 Å². The third-order valence-corrected chi connectivity index (χ3v) is 2.56. The van der Waals surface area contributed by atoms with Gasteiger partial charge in [0.15, 0.2) is 11.5 Å². The lowest BCUT2D eigenvalue weighted by molar-refractivity contribution is -0.141. The van der Waals surface area contributed by atoms with Crippen molar-refractivity contribution in [2.45, 2.75) is 19.4 Å². The predicted molar refractivity (Wildman–Crippen MR) is 68.5 cm³/mol. The second-order valence-corrected chi connectivity index (χ2v) is 3.99. The molecule has 6 nitrogen and oxygen atoms in total. The van der Waals surface area contributed by atoms with Crippen LogP contribution in [0.4, 0.5) is 0 Å². The van der Waals surface area contributed by atoms with E-state index in [0.29, 0.717) is 17.1 Å². The zero-order valence-electron chi connectivity index (χ0n) is 11.1. The number of carbonyl (C=O) groups is 2. The number of hydrogen-bond acceptors (Lipinski definition) is 4. The van der Waals surface area contributed by atoms with Crippen molar-refractivity contribution >= 4 is 11.9 Å². The molecule has 0 heterocycles. The number of amides is 1. The maximum atomic E-state index is 11.6. The molecule has 0 spiro atoms. The third kappa shape index (κ3) is 4.17. The molecule has 104 valence electrons. The molecule has 1 aromatic carbocycles. The van der Waals surface area contributed by atoms with E-state index in [9.17, 15) is 9.59 Å². The molecule has 0 saturated heterocycles. The summed E-state index contributed by atoms with van der Waals surface area (Å²) in [7, 11) is 3.03. The fourth-order valence-electron chi connectivity index (χ4n) is 1.53. The normalized spacial score (nSPS) is 11.5. The van der Waals surface area contributed by atoms with Gasteiger partial charge in [-0.25, -0.2) is 0 Å². The lowest BCUT2D eigenvalue weighted by atomic mass is 10.1. The summed E-state index contributed by atoms with van der Waals surface area (Å²) in [6, 6.07) is 4.20. The maximum absolute atomic E-state index is 11.6. The number of methoxy groups -OCH3 is 2. The van der Waals surface area contributed by atoms with Crippen molar-refractivity contribution in [2.75, 3.05) is 14.2 Å². The zero-order valence-corrected chi connectivity index (χ0v) is 11.1. The van der Waals surface area contributed by atoms with Gasteiger partial charge in [-0.05, 0) is 24.6 Å². The summed E-state index contributed by atoms with van der Waals surface area (Å²) in [6.45, 7) is 1.41.